The number of methoxy groups -OCH3 is 1. The number of Topliss-reactive ketones (excluding diaryl/α,β-unsaturated/α-hetero) is 1. The SMILES string of the molecule is COc1ccc(C2/C(=C(/O)c3ccc(Br)cc3)C(=O)C(=O)N2CCCN(C)C)cc1. The van der Waals surface area contributed by atoms with E-state index in [2.05, 4.69) is 15.9 Å². The van der Waals surface area contributed by atoms with E-state index in [0.29, 0.717) is 24.3 Å². The van der Waals surface area contributed by atoms with Crippen molar-refractivity contribution < 1.29 is 19.4 Å². The maximum Gasteiger partial charge on any atom is 0.295 e. The lowest BCUT2D eigenvalue weighted by Gasteiger charge is -2.26. The largest absolute Gasteiger partial charge is 0.507 e. The van der Waals surface area contributed by atoms with E-state index in [1.165, 1.54) is 0 Å². The van der Waals surface area contributed by atoms with Crippen molar-refractivity contribution >= 4 is 33.4 Å². The predicted octanol–water partition coefficient (Wildman–Crippen LogP) is 3.83. The van der Waals surface area contributed by atoms with E-state index in [-0.39, 0.29) is 11.3 Å². The number of aliphatic hydroxyl groups is 1. The van der Waals surface area contributed by atoms with Crippen molar-refractivity contribution in [2.75, 3.05) is 34.3 Å². The molecule has 0 radical (unpaired) electrons. The van der Waals surface area contributed by atoms with Crippen LogP contribution in [0.5, 0.6) is 5.75 Å². The van der Waals surface area contributed by atoms with Crippen molar-refractivity contribution in [3.63, 3.8) is 0 Å². The first-order chi connectivity index (χ1) is 14.3. The van der Waals surface area contributed by atoms with Crippen molar-refractivity contribution in [3.05, 3.63) is 69.7 Å². The summed E-state index contributed by atoms with van der Waals surface area (Å²) in [6.45, 7) is 1.20. The van der Waals surface area contributed by atoms with Gasteiger partial charge in [0, 0.05) is 16.6 Å². The number of ketones is 1. The summed E-state index contributed by atoms with van der Waals surface area (Å²) >= 11 is 3.37. The first-order valence-corrected chi connectivity index (χ1v) is 10.5. The summed E-state index contributed by atoms with van der Waals surface area (Å²) in [5.41, 5.74) is 1.35. The van der Waals surface area contributed by atoms with Gasteiger partial charge in [-0.25, -0.2) is 0 Å². The quantitative estimate of drug-likeness (QED) is 0.376. The van der Waals surface area contributed by atoms with Gasteiger partial charge in [-0.3, -0.25) is 9.59 Å². The molecule has 0 spiro atoms. The molecule has 2 aromatic carbocycles. The van der Waals surface area contributed by atoms with Crippen LogP contribution in [0.2, 0.25) is 0 Å². The minimum absolute atomic E-state index is 0.109. The van der Waals surface area contributed by atoms with Crippen LogP contribution >= 0.6 is 15.9 Å². The average molecular weight is 473 g/mol. The predicted molar refractivity (Wildman–Crippen MR) is 119 cm³/mol. The number of likely N-dealkylation sites (tertiary alicyclic amines) is 1. The molecule has 1 fully saturated rings. The van der Waals surface area contributed by atoms with Gasteiger partial charge in [-0.15, -0.1) is 0 Å². The highest BCUT2D eigenvalue weighted by Crippen LogP contribution is 2.40. The van der Waals surface area contributed by atoms with Crippen LogP contribution in [0.3, 0.4) is 0 Å². The standard InChI is InChI=1S/C23H25BrN2O4/c1-25(2)13-4-14-26-20(15-7-11-18(30-3)12-8-15)19(22(28)23(26)29)21(27)16-5-9-17(24)10-6-16/h5-12,20,27H,4,13-14H2,1-3H3/b21-19-. The van der Waals surface area contributed by atoms with Crippen LogP contribution in [-0.4, -0.2) is 60.9 Å². The van der Waals surface area contributed by atoms with Crippen molar-refractivity contribution in [2.24, 2.45) is 0 Å². The molecular weight excluding hydrogens is 448 g/mol. The zero-order chi connectivity index (χ0) is 21.8. The molecule has 6 nitrogen and oxygen atoms in total. The average Bonchev–Trinajstić information content (AvgIpc) is 2.98. The molecular formula is C23H25BrN2O4. The molecule has 1 unspecified atom stereocenters. The first kappa shape index (κ1) is 22.1. The summed E-state index contributed by atoms with van der Waals surface area (Å²) < 4.78 is 6.08. The molecule has 7 heteroatoms. The molecule has 0 aliphatic carbocycles. The number of carbonyl (C=O) groups excluding carboxylic acids is 2. The zero-order valence-electron chi connectivity index (χ0n) is 17.3. The van der Waals surface area contributed by atoms with Gasteiger partial charge in [0.05, 0.1) is 18.7 Å². The van der Waals surface area contributed by atoms with Crippen LogP contribution in [0, 0.1) is 0 Å². The maximum absolute atomic E-state index is 12.9. The fourth-order valence-electron chi connectivity index (χ4n) is 3.56. The van der Waals surface area contributed by atoms with Gasteiger partial charge < -0.3 is 19.6 Å². The third-order valence-corrected chi connectivity index (χ3v) is 5.62. The highest BCUT2D eigenvalue weighted by atomic mass is 79.9. The second kappa shape index (κ2) is 9.45. The Morgan fingerprint density at radius 2 is 1.73 bits per heavy atom. The molecule has 0 saturated carbocycles. The molecule has 0 bridgehead atoms. The van der Waals surface area contributed by atoms with E-state index in [9.17, 15) is 14.7 Å². The van der Waals surface area contributed by atoms with Gasteiger partial charge in [-0.05, 0) is 56.9 Å². The number of halogens is 1. The molecule has 0 aromatic heterocycles. The Balaban J connectivity index is 2.07. The summed E-state index contributed by atoms with van der Waals surface area (Å²) in [7, 11) is 5.50. The van der Waals surface area contributed by atoms with Crippen molar-refractivity contribution in [2.45, 2.75) is 12.5 Å². The summed E-state index contributed by atoms with van der Waals surface area (Å²) in [4.78, 5) is 29.4. The number of hydrogen-bond acceptors (Lipinski definition) is 5. The molecule has 1 atom stereocenters. The minimum Gasteiger partial charge on any atom is -0.507 e. The second-order valence-electron chi connectivity index (χ2n) is 7.43. The van der Waals surface area contributed by atoms with Crippen LogP contribution < -0.4 is 4.74 Å². The molecule has 3 rings (SSSR count). The smallest absolute Gasteiger partial charge is 0.295 e. The lowest BCUT2D eigenvalue weighted by atomic mass is 9.95. The van der Waals surface area contributed by atoms with Gasteiger partial charge >= 0.3 is 0 Å². The third-order valence-electron chi connectivity index (χ3n) is 5.09. The Kier molecular flexibility index (Phi) is 6.95. The van der Waals surface area contributed by atoms with E-state index in [1.807, 2.05) is 31.1 Å². The maximum atomic E-state index is 12.9. The Labute approximate surface area is 184 Å². The Bertz CT molecular complexity index is 952. The van der Waals surface area contributed by atoms with E-state index in [4.69, 9.17) is 4.74 Å². The molecule has 30 heavy (non-hydrogen) atoms. The summed E-state index contributed by atoms with van der Waals surface area (Å²) in [5.74, 6) is -0.748. The van der Waals surface area contributed by atoms with E-state index in [0.717, 1.165) is 16.6 Å². The number of rotatable bonds is 7. The van der Waals surface area contributed by atoms with Crippen LogP contribution in [-0.2, 0) is 9.59 Å². The van der Waals surface area contributed by atoms with Gasteiger partial charge in [-0.1, -0.05) is 40.2 Å². The zero-order valence-corrected chi connectivity index (χ0v) is 18.8. The molecule has 1 saturated heterocycles. The number of aliphatic hydroxyl groups excluding tert-OH is 1. The van der Waals surface area contributed by atoms with Crippen LogP contribution in [0.4, 0.5) is 0 Å². The van der Waals surface area contributed by atoms with Gasteiger partial charge in [0.15, 0.2) is 0 Å². The highest BCUT2D eigenvalue weighted by Gasteiger charge is 2.45. The van der Waals surface area contributed by atoms with Crippen LogP contribution in [0.25, 0.3) is 5.76 Å². The number of benzene rings is 2. The van der Waals surface area contributed by atoms with E-state index >= 15 is 0 Å². The van der Waals surface area contributed by atoms with E-state index < -0.39 is 17.7 Å². The van der Waals surface area contributed by atoms with Crippen molar-refractivity contribution in [1.82, 2.24) is 9.80 Å². The van der Waals surface area contributed by atoms with Crippen LogP contribution in [0.15, 0.2) is 58.6 Å². The number of carbonyl (C=O) groups is 2. The molecule has 2 aromatic rings. The molecule has 1 heterocycles. The Morgan fingerprint density at radius 1 is 1.10 bits per heavy atom. The number of hydrogen-bond donors (Lipinski definition) is 1. The number of amides is 1. The highest BCUT2D eigenvalue weighted by molar-refractivity contribution is 9.10. The lowest BCUT2D eigenvalue weighted by Crippen LogP contribution is -2.32. The molecule has 1 aliphatic heterocycles. The van der Waals surface area contributed by atoms with Gasteiger partial charge in [0.25, 0.3) is 11.7 Å². The normalized spacial score (nSPS) is 18.3. The first-order valence-electron chi connectivity index (χ1n) is 9.66. The molecule has 1 aliphatic rings. The summed E-state index contributed by atoms with van der Waals surface area (Å²) in [6, 6.07) is 13.6. The fourth-order valence-corrected chi connectivity index (χ4v) is 3.83. The van der Waals surface area contributed by atoms with Gasteiger partial charge in [0.2, 0.25) is 0 Å². The summed E-state index contributed by atoms with van der Waals surface area (Å²) in [5, 5.41) is 11.0. The van der Waals surface area contributed by atoms with Gasteiger partial charge in [-0.2, -0.15) is 0 Å². The molecule has 1 N–H and O–H groups in total. The van der Waals surface area contributed by atoms with Gasteiger partial charge in [0.1, 0.15) is 11.5 Å². The molecule has 1 amide bonds. The number of nitrogens with zero attached hydrogens (tertiary/aromatic N) is 2. The Morgan fingerprint density at radius 3 is 2.30 bits per heavy atom. The fraction of sp³-hybridized carbons (Fsp3) is 0.304. The third kappa shape index (κ3) is 4.57. The van der Waals surface area contributed by atoms with Crippen molar-refractivity contribution in [3.8, 4) is 5.75 Å². The minimum atomic E-state index is -0.666. The lowest BCUT2D eigenvalue weighted by molar-refractivity contribution is -0.139. The molecule has 158 valence electrons. The second-order valence-corrected chi connectivity index (χ2v) is 8.35. The monoisotopic (exact) mass is 472 g/mol. The number of ether oxygens (including phenoxy) is 1. The van der Waals surface area contributed by atoms with E-state index in [1.54, 1.807) is 48.4 Å². The van der Waals surface area contributed by atoms with Crippen molar-refractivity contribution in [1.29, 1.82) is 0 Å². The van der Waals surface area contributed by atoms with Crippen LogP contribution in [0.1, 0.15) is 23.6 Å². The summed E-state index contributed by atoms with van der Waals surface area (Å²) in [6.07, 6.45) is 0.713. The topological polar surface area (TPSA) is 70.1 Å². The Hall–Kier alpha value is -2.64.